The van der Waals surface area contributed by atoms with Crippen LogP contribution in [0.25, 0.3) is 0 Å². The summed E-state index contributed by atoms with van der Waals surface area (Å²) in [6.45, 7) is -4.10. The first-order valence-corrected chi connectivity index (χ1v) is 6.71. The Balaban J connectivity index is 5.33. The molecule has 0 fully saturated rings. The van der Waals surface area contributed by atoms with Crippen molar-refractivity contribution in [2.75, 3.05) is 20.3 Å². The normalized spacial score (nSPS) is 15.6. The third-order valence-corrected chi connectivity index (χ3v) is 3.61. The second kappa shape index (κ2) is 7.81. The van der Waals surface area contributed by atoms with Crippen LogP contribution >= 0.6 is 0 Å². The highest BCUT2D eigenvalue weighted by Gasteiger charge is 2.70. The Hall–Kier alpha value is -0.960. The zero-order valence-electron chi connectivity index (χ0n) is 13.8. The standard InChI is InChI=1S/C12H14F12O3/c1-7(9(13,14)15,10(16,17)18)26-4-6(25-3)5-27-8(2,11(19,20)21)12(22,23)24/h6H,4-5H2,1-3H3. The lowest BCUT2D eigenvalue weighted by Crippen LogP contribution is -2.58. The van der Waals surface area contributed by atoms with Gasteiger partial charge in [-0.25, -0.2) is 0 Å². The van der Waals surface area contributed by atoms with Crippen LogP contribution < -0.4 is 0 Å². The van der Waals surface area contributed by atoms with Gasteiger partial charge in [-0.3, -0.25) is 0 Å². The first-order chi connectivity index (χ1) is 11.6. The van der Waals surface area contributed by atoms with Crippen molar-refractivity contribution in [1.29, 1.82) is 0 Å². The van der Waals surface area contributed by atoms with Gasteiger partial charge in [-0.2, -0.15) is 52.7 Å². The lowest BCUT2D eigenvalue weighted by atomic mass is 10.1. The number of hydrogen-bond acceptors (Lipinski definition) is 3. The Bertz CT molecular complexity index is 406. The number of halogens is 12. The molecule has 0 rings (SSSR count). The molecule has 0 aromatic carbocycles. The summed E-state index contributed by atoms with van der Waals surface area (Å²) in [5, 5.41) is 0. The highest BCUT2D eigenvalue weighted by atomic mass is 19.4. The molecule has 3 nitrogen and oxygen atoms in total. The van der Waals surface area contributed by atoms with Crippen molar-refractivity contribution in [1.82, 2.24) is 0 Å². The summed E-state index contributed by atoms with van der Waals surface area (Å²) in [5.41, 5.74) is -9.46. The summed E-state index contributed by atoms with van der Waals surface area (Å²) in [7, 11) is 0.619. The Morgan fingerprint density at radius 3 is 0.926 bits per heavy atom. The maximum atomic E-state index is 12.6. The Morgan fingerprint density at radius 1 is 0.556 bits per heavy atom. The molecule has 0 saturated carbocycles. The van der Waals surface area contributed by atoms with E-state index >= 15 is 0 Å². The van der Waals surface area contributed by atoms with Crippen LogP contribution in [0.5, 0.6) is 0 Å². The molecular formula is C12H14F12O3. The SMILES string of the molecule is COC(COC(C)(C(F)(F)F)C(F)(F)F)COC(C)(C(F)(F)F)C(F)(F)F. The fraction of sp³-hybridized carbons (Fsp3) is 1.00. The van der Waals surface area contributed by atoms with Gasteiger partial charge in [0.05, 0.1) is 13.2 Å². The van der Waals surface area contributed by atoms with Gasteiger partial charge in [-0.1, -0.05) is 0 Å². The topological polar surface area (TPSA) is 27.7 Å². The molecule has 0 N–H and O–H groups in total. The maximum absolute atomic E-state index is 12.6. The van der Waals surface area contributed by atoms with Crippen LogP contribution in [0.4, 0.5) is 52.7 Å². The molecule has 27 heavy (non-hydrogen) atoms. The van der Waals surface area contributed by atoms with Gasteiger partial charge < -0.3 is 14.2 Å². The molecule has 0 aromatic heterocycles. The van der Waals surface area contributed by atoms with E-state index in [-0.39, 0.29) is 0 Å². The molecule has 15 heteroatoms. The Labute approximate surface area is 144 Å². The van der Waals surface area contributed by atoms with Crippen molar-refractivity contribution in [2.24, 2.45) is 0 Å². The van der Waals surface area contributed by atoms with Gasteiger partial charge in [0.25, 0.3) is 11.2 Å². The summed E-state index contributed by atoms with van der Waals surface area (Å²) >= 11 is 0. The van der Waals surface area contributed by atoms with Gasteiger partial charge in [-0.05, 0) is 13.8 Å². The third kappa shape index (κ3) is 5.53. The minimum absolute atomic E-state index is 0.393. The van der Waals surface area contributed by atoms with Crippen LogP contribution in [-0.4, -0.2) is 62.3 Å². The first-order valence-electron chi connectivity index (χ1n) is 6.71. The lowest BCUT2D eigenvalue weighted by molar-refractivity contribution is -0.385. The van der Waals surface area contributed by atoms with Crippen LogP contribution in [0.15, 0.2) is 0 Å². The smallest absolute Gasteiger partial charge is 0.377 e. The van der Waals surface area contributed by atoms with Crippen molar-refractivity contribution in [3.8, 4) is 0 Å². The van der Waals surface area contributed by atoms with Gasteiger partial charge in [-0.15, -0.1) is 0 Å². The van der Waals surface area contributed by atoms with Crippen LogP contribution in [-0.2, 0) is 14.2 Å². The number of rotatable bonds is 7. The average Bonchev–Trinajstić information content (AvgIpc) is 2.41. The quantitative estimate of drug-likeness (QED) is 0.539. The highest BCUT2D eigenvalue weighted by Crippen LogP contribution is 2.47. The second-order valence-corrected chi connectivity index (χ2v) is 5.54. The summed E-state index contributed by atoms with van der Waals surface area (Å²) < 4.78 is 163. The highest BCUT2D eigenvalue weighted by molar-refractivity contribution is 4.93. The van der Waals surface area contributed by atoms with Gasteiger partial charge in [0.1, 0.15) is 6.10 Å². The molecule has 0 spiro atoms. The molecule has 0 heterocycles. The largest absolute Gasteiger partial charge is 0.426 e. The molecule has 0 atom stereocenters. The van der Waals surface area contributed by atoms with E-state index in [0.29, 0.717) is 7.11 Å². The van der Waals surface area contributed by atoms with Crippen LogP contribution in [0.1, 0.15) is 13.8 Å². The van der Waals surface area contributed by atoms with Crippen LogP contribution in [0, 0.1) is 0 Å². The van der Waals surface area contributed by atoms with E-state index in [1.54, 1.807) is 0 Å². The molecule has 0 radical (unpaired) electrons. The summed E-state index contributed by atoms with van der Waals surface area (Å²) in [6, 6.07) is 0. The van der Waals surface area contributed by atoms with Crippen LogP contribution in [0.2, 0.25) is 0 Å². The van der Waals surface area contributed by atoms with E-state index in [2.05, 4.69) is 14.2 Å². The molecule has 0 unspecified atom stereocenters. The zero-order chi connectivity index (χ0) is 22.1. The fourth-order valence-electron chi connectivity index (χ4n) is 1.35. The monoisotopic (exact) mass is 434 g/mol. The van der Waals surface area contributed by atoms with Crippen molar-refractivity contribution < 1.29 is 66.9 Å². The number of hydrogen-bond donors (Lipinski definition) is 0. The van der Waals surface area contributed by atoms with Crippen molar-refractivity contribution in [3.05, 3.63) is 0 Å². The van der Waals surface area contributed by atoms with E-state index in [0.717, 1.165) is 0 Å². The van der Waals surface area contributed by atoms with E-state index < -0.39 is 69.1 Å². The minimum Gasteiger partial charge on any atom is -0.377 e. The number of alkyl halides is 12. The third-order valence-electron chi connectivity index (χ3n) is 3.61. The van der Waals surface area contributed by atoms with E-state index in [9.17, 15) is 52.7 Å². The number of methoxy groups -OCH3 is 1. The second-order valence-electron chi connectivity index (χ2n) is 5.54. The van der Waals surface area contributed by atoms with Crippen LogP contribution in [0.3, 0.4) is 0 Å². The molecule has 0 aliphatic heterocycles. The summed E-state index contributed by atoms with van der Waals surface area (Å²) in [6.07, 6.45) is -26.0. The van der Waals surface area contributed by atoms with E-state index in [1.807, 2.05) is 0 Å². The Kier molecular flexibility index (Phi) is 7.53. The molecule has 0 aliphatic rings. The Morgan fingerprint density at radius 2 is 0.778 bits per heavy atom. The summed E-state index contributed by atoms with van der Waals surface area (Å²) in [4.78, 5) is 0. The molecule has 164 valence electrons. The molecular weight excluding hydrogens is 420 g/mol. The predicted molar refractivity (Wildman–Crippen MR) is 63.7 cm³/mol. The molecule has 0 saturated heterocycles. The van der Waals surface area contributed by atoms with Crippen molar-refractivity contribution >= 4 is 0 Å². The molecule has 0 amide bonds. The minimum atomic E-state index is -5.98. The van der Waals surface area contributed by atoms with Gasteiger partial charge in [0.15, 0.2) is 0 Å². The molecule has 0 bridgehead atoms. The van der Waals surface area contributed by atoms with E-state index in [4.69, 9.17) is 0 Å². The maximum Gasteiger partial charge on any atom is 0.426 e. The zero-order valence-corrected chi connectivity index (χ0v) is 13.8. The van der Waals surface area contributed by atoms with Gasteiger partial charge >= 0.3 is 24.7 Å². The first kappa shape index (κ1) is 26.0. The van der Waals surface area contributed by atoms with Crippen molar-refractivity contribution in [3.63, 3.8) is 0 Å². The lowest BCUT2D eigenvalue weighted by Gasteiger charge is -2.36. The summed E-state index contributed by atoms with van der Waals surface area (Å²) in [5.74, 6) is 0. The van der Waals surface area contributed by atoms with E-state index in [1.165, 1.54) is 0 Å². The van der Waals surface area contributed by atoms with Gasteiger partial charge in [0, 0.05) is 7.11 Å². The van der Waals surface area contributed by atoms with Crippen molar-refractivity contribution in [2.45, 2.75) is 55.9 Å². The molecule has 0 aromatic rings. The van der Waals surface area contributed by atoms with Gasteiger partial charge in [0.2, 0.25) is 0 Å². The predicted octanol–water partition coefficient (Wildman–Crippen LogP) is 4.80. The average molecular weight is 434 g/mol. The number of ether oxygens (including phenoxy) is 3. The molecule has 0 aliphatic carbocycles. The fourth-order valence-corrected chi connectivity index (χ4v) is 1.35.